The van der Waals surface area contributed by atoms with Crippen LogP contribution in [0.2, 0.25) is 0 Å². The fourth-order valence-electron chi connectivity index (χ4n) is 2.86. The minimum Gasteiger partial charge on any atom is -0.342 e. The Labute approximate surface area is 128 Å². The van der Waals surface area contributed by atoms with Gasteiger partial charge >= 0.3 is 0 Å². The molecular formula is C16H25ClN2O. The van der Waals surface area contributed by atoms with E-state index in [2.05, 4.69) is 24.4 Å². The summed E-state index contributed by atoms with van der Waals surface area (Å²) in [5.41, 5.74) is 2.35. The van der Waals surface area contributed by atoms with Crippen molar-refractivity contribution in [2.24, 2.45) is 5.92 Å². The van der Waals surface area contributed by atoms with Crippen molar-refractivity contribution < 1.29 is 4.79 Å². The Morgan fingerprint density at radius 3 is 2.95 bits per heavy atom. The van der Waals surface area contributed by atoms with E-state index in [1.54, 1.807) is 0 Å². The number of nitrogens with zero attached hydrogens (tertiary/aromatic N) is 1. The second kappa shape index (κ2) is 8.28. The second-order valence-electron chi connectivity index (χ2n) is 5.57. The van der Waals surface area contributed by atoms with Crippen molar-refractivity contribution in [3.8, 4) is 0 Å². The van der Waals surface area contributed by atoms with Gasteiger partial charge in [0, 0.05) is 13.1 Å². The predicted octanol–water partition coefficient (Wildman–Crippen LogP) is 2.42. The first-order valence-corrected chi connectivity index (χ1v) is 7.17. The number of amides is 1. The standard InChI is InChI=1S/C16H24N2O.ClH/c1-13-5-3-6-14(9-13)10-16(19)18-8-4-7-15(12-18)11-17-2;/h3,5-6,9,15,17H,4,7-8,10-12H2,1-2H3;1H. The van der Waals surface area contributed by atoms with Crippen molar-refractivity contribution in [2.45, 2.75) is 26.2 Å². The third-order valence-corrected chi connectivity index (χ3v) is 3.80. The van der Waals surface area contributed by atoms with Crippen LogP contribution >= 0.6 is 12.4 Å². The summed E-state index contributed by atoms with van der Waals surface area (Å²) in [4.78, 5) is 14.4. The van der Waals surface area contributed by atoms with E-state index in [1.165, 1.54) is 12.0 Å². The van der Waals surface area contributed by atoms with Crippen LogP contribution in [0.3, 0.4) is 0 Å². The zero-order chi connectivity index (χ0) is 13.7. The molecule has 0 saturated carbocycles. The molecule has 1 N–H and O–H groups in total. The minimum atomic E-state index is 0. The third-order valence-electron chi connectivity index (χ3n) is 3.80. The number of aryl methyl sites for hydroxylation is 1. The highest BCUT2D eigenvalue weighted by molar-refractivity contribution is 5.85. The van der Waals surface area contributed by atoms with E-state index in [0.29, 0.717) is 12.3 Å². The fraction of sp³-hybridized carbons (Fsp3) is 0.562. The van der Waals surface area contributed by atoms with Crippen molar-refractivity contribution in [3.63, 3.8) is 0 Å². The van der Waals surface area contributed by atoms with Crippen LogP contribution in [0.1, 0.15) is 24.0 Å². The molecule has 20 heavy (non-hydrogen) atoms. The van der Waals surface area contributed by atoms with Crippen LogP contribution in [0.5, 0.6) is 0 Å². The number of rotatable bonds is 4. The predicted molar refractivity (Wildman–Crippen MR) is 85.4 cm³/mol. The molecular weight excluding hydrogens is 272 g/mol. The van der Waals surface area contributed by atoms with Crippen molar-refractivity contribution in [2.75, 3.05) is 26.7 Å². The lowest BCUT2D eigenvalue weighted by Gasteiger charge is -2.32. The molecule has 1 aliphatic heterocycles. The van der Waals surface area contributed by atoms with E-state index < -0.39 is 0 Å². The van der Waals surface area contributed by atoms with Crippen LogP contribution in [0.25, 0.3) is 0 Å². The Hall–Kier alpha value is -1.06. The zero-order valence-corrected chi connectivity index (χ0v) is 13.2. The highest BCUT2D eigenvalue weighted by atomic mass is 35.5. The van der Waals surface area contributed by atoms with Gasteiger partial charge in [-0.1, -0.05) is 29.8 Å². The average molecular weight is 297 g/mol. The topological polar surface area (TPSA) is 32.3 Å². The van der Waals surface area contributed by atoms with Gasteiger partial charge in [0.15, 0.2) is 0 Å². The summed E-state index contributed by atoms with van der Waals surface area (Å²) in [5, 5.41) is 3.22. The molecule has 1 fully saturated rings. The van der Waals surface area contributed by atoms with Gasteiger partial charge in [-0.2, -0.15) is 0 Å². The summed E-state index contributed by atoms with van der Waals surface area (Å²) in [6.07, 6.45) is 2.90. The smallest absolute Gasteiger partial charge is 0.226 e. The van der Waals surface area contributed by atoms with Crippen molar-refractivity contribution in [3.05, 3.63) is 35.4 Å². The fourth-order valence-corrected chi connectivity index (χ4v) is 2.86. The minimum absolute atomic E-state index is 0. The zero-order valence-electron chi connectivity index (χ0n) is 12.4. The van der Waals surface area contributed by atoms with Crippen molar-refractivity contribution in [1.29, 1.82) is 0 Å². The molecule has 1 heterocycles. The molecule has 0 radical (unpaired) electrons. The number of halogens is 1. The molecule has 0 aliphatic carbocycles. The number of hydrogen-bond donors (Lipinski definition) is 1. The van der Waals surface area contributed by atoms with Crippen LogP contribution < -0.4 is 5.32 Å². The molecule has 2 rings (SSSR count). The molecule has 1 aromatic rings. The van der Waals surface area contributed by atoms with Gasteiger partial charge in [-0.15, -0.1) is 12.4 Å². The maximum atomic E-state index is 12.3. The number of carbonyl (C=O) groups is 1. The molecule has 1 saturated heterocycles. The van der Waals surface area contributed by atoms with E-state index in [1.807, 2.05) is 24.1 Å². The summed E-state index contributed by atoms with van der Waals surface area (Å²) < 4.78 is 0. The lowest BCUT2D eigenvalue weighted by molar-refractivity contribution is -0.132. The quantitative estimate of drug-likeness (QED) is 0.925. The van der Waals surface area contributed by atoms with E-state index in [-0.39, 0.29) is 18.3 Å². The second-order valence-corrected chi connectivity index (χ2v) is 5.57. The number of carbonyl (C=O) groups excluding carboxylic acids is 1. The van der Waals surface area contributed by atoms with Crippen LogP contribution in [-0.2, 0) is 11.2 Å². The molecule has 1 amide bonds. The van der Waals surface area contributed by atoms with Gasteiger partial charge in [0.2, 0.25) is 5.91 Å². The first kappa shape index (κ1) is 17.0. The molecule has 0 bridgehead atoms. The number of benzene rings is 1. The van der Waals surface area contributed by atoms with E-state index >= 15 is 0 Å². The molecule has 3 nitrogen and oxygen atoms in total. The van der Waals surface area contributed by atoms with E-state index in [4.69, 9.17) is 0 Å². The number of likely N-dealkylation sites (tertiary alicyclic amines) is 1. The summed E-state index contributed by atoms with van der Waals surface area (Å²) in [6, 6.07) is 8.24. The lowest BCUT2D eigenvalue weighted by Crippen LogP contribution is -2.43. The Balaban J connectivity index is 0.00000200. The Morgan fingerprint density at radius 1 is 1.45 bits per heavy atom. The highest BCUT2D eigenvalue weighted by Crippen LogP contribution is 2.17. The van der Waals surface area contributed by atoms with Gasteiger partial charge in [-0.3, -0.25) is 4.79 Å². The molecule has 0 aromatic heterocycles. The Morgan fingerprint density at radius 2 is 2.25 bits per heavy atom. The van der Waals surface area contributed by atoms with Gasteiger partial charge in [-0.25, -0.2) is 0 Å². The maximum absolute atomic E-state index is 12.3. The SMILES string of the molecule is CNCC1CCCN(C(=O)Cc2cccc(C)c2)C1.Cl. The lowest BCUT2D eigenvalue weighted by atomic mass is 9.97. The summed E-state index contributed by atoms with van der Waals surface area (Å²) in [5.74, 6) is 0.881. The van der Waals surface area contributed by atoms with Crippen LogP contribution in [-0.4, -0.2) is 37.5 Å². The van der Waals surface area contributed by atoms with Crippen LogP contribution in [0.4, 0.5) is 0 Å². The summed E-state index contributed by atoms with van der Waals surface area (Å²) in [6.45, 7) is 4.91. The summed E-state index contributed by atoms with van der Waals surface area (Å²) >= 11 is 0. The third kappa shape index (κ3) is 4.80. The molecule has 4 heteroatoms. The van der Waals surface area contributed by atoms with Gasteiger partial charge in [0.25, 0.3) is 0 Å². The number of hydrogen-bond acceptors (Lipinski definition) is 2. The number of piperidine rings is 1. The maximum Gasteiger partial charge on any atom is 0.226 e. The number of nitrogens with one attached hydrogen (secondary N) is 1. The molecule has 1 aromatic carbocycles. The normalized spacial score (nSPS) is 18.5. The molecule has 0 spiro atoms. The Bertz CT molecular complexity index is 434. The van der Waals surface area contributed by atoms with Crippen LogP contribution in [0, 0.1) is 12.8 Å². The first-order chi connectivity index (χ1) is 9.19. The van der Waals surface area contributed by atoms with Crippen molar-refractivity contribution >= 4 is 18.3 Å². The van der Waals surface area contributed by atoms with Crippen molar-refractivity contribution in [1.82, 2.24) is 10.2 Å². The largest absolute Gasteiger partial charge is 0.342 e. The first-order valence-electron chi connectivity index (χ1n) is 7.17. The van der Waals surface area contributed by atoms with E-state index in [0.717, 1.165) is 31.6 Å². The average Bonchev–Trinajstić information content (AvgIpc) is 2.39. The highest BCUT2D eigenvalue weighted by Gasteiger charge is 2.23. The molecule has 1 atom stereocenters. The molecule has 1 unspecified atom stereocenters. The van der Waals surface area contributed by atoms with Gasteiger partial charge in [-0.05, 0) is 44.8 Å². The van der Waals surface area contributed by atoms with E-state index in [9.17, 15) is 4.79 Å². The monoisotopic (exact) mass is 296 g/mol. The molecule has 1 aliphatic rings. The Kier molecular flexibility index (Phi) is 7.03. The van der Waals surface area contributed by atoms with Gasteiger partial charge in [0.1, 0.15) is 0 Å². The van der Waals surface area contributed by atoms with Gasteiger partial charge in [0.05, 0.1) is 6.42 Å². The summed E-state index contributed by atoms with van der Waals surface area (Å²) in [7, 11) is 1.98. The van der Waals surface area contributed by atoms with Crippen LogP contribution in [0.15, 0.2) is 24.3 Å². The molecule has 112 valence electrons. The van der Waals surface area contributed by atoms with Gasteiger partial charge < -0.3 is 10.2 Å².